The zero-order chi connectivity index (χ0) is 19.7. The summed E-state index contributed by atoms with van der Waals surface area (Å²) in [6.07, 6.45) is -4.52. The molecule has 2 aromatic carbocycles. The molecular formula is C17H15F3N2O4S. The van der Waals surface area contributed by atoms with Crippen LogP contribution in [-0.2, 0) is 10.0 Å². The second kappa shape index (κ2) is 7.10. The summed E-state index contributed by atoms with van der Waals surface area (Å²) < 4.78 is 70.8. The van der Waals surface area contributed by atoms with Gasteiger partial charge in [0.05, 0.1) is 17.2 Å². The van der Waals surface area contributed by atoms with Crippen molar-refractivity contribution >= 4 is 15.7 Å². The first-order chi connectivity index (χ1) is 12.6. The third kappa shape index (κ3) is 4.70. The van der Waals surface area contributed by atoms with Crippen molar-refractivity contribution in [3.8, 4) is 11.5 Å². The van der Waals surface area contributed by atoms with Crippen LogP contribution in [0.4, 0.5) is 13.2 Å². The number of hydrogen-bond acceptors (Lipinski definition) is 5. The quantitative estimate of drug-likeness (QED) is 0.799. The van der Waals surface area contributed by atoms with Gasteiger partial charge in [-0.1, -0.05) is 17.7 Å². The van der Waals surface area contributed by atoms with E-state index >= 15 is 0 Å². The topological polar surface area (TPSA) is 77.0 Å². The number of aryl methyl sites for hydroxylation is 1. The van der Waals surface area contributed by atoms with E-state index in [0.29, 0.717) is 17.7 Å². The van der Waals surface area contributed by atoms with Crippen LogP contribution < -0.4 is 14.3 Å². The van der Waals surface area contributed by atoms with E-state index in [4.69, 9.17) is 4.74 Å². The lowest BCUT2D eigenvalue weighted by molar-refractivity contribution is -0.274. The van der Waals surface area contributed by atoms with Crippen molar-refractivity contribution in [2.45, 2.75) is 24.6 Å². The zero-order valence-corrected chi connectivity index (χ0v) is 14.9. The molecule has 1 aliphatic rings. The van der Waals surface area contributed by atoms with Crippen LogP contribution in [0.25, 0.3) is 0 Å². The molecule has 1 heterocycles. The van der Waals surface area contributed by atoms with Crippen molar-refractivity contribution < 1.29 is 31.1 Å². The molecule has 1 aliphatic heterocycles. The van der Waals surface area contributed by atoms with Crippen LogP contribution in [-0.4, -0.2) is 27.1 Å². The lowest BCUT2D eigenvalue weighted by Crippen LogP contribution is -2.24. The van der Waals surface area contributed by atoms with Crippen molar-refractivity contribution in [1.82, 2.24) is 4.83 Å². The van der Waals surface area contributed by atoms with Gasteiger partial charge < -0.3 is 9.47 Å². The Bertz CT molecular complexity index is 971. The van der Waals surface area contributed by atoms with Crippen LogP contribution in [0.5, 0.6) is 11.5 Å². The molecule has 0 amide bonds. The molecule has 0 aliphatic carbocycles. The molecule has 2 aromatic rings. The number of hydrazone groups is 1. The normalized spacial score (nSPS) is 15.8. The summed E-state index contributed by atoms with van der Waals surface area (Å²) >= 11 is 0. The van der Waals surface area contributed by atoms with Crippen LogP contribution in [0.1, 0.15) is 17.5 Å². The van der Waals surface area contributed by atoms with E-state index in [9.17, 15) is 21.6 Å². The number of hydrogen-bond donors (Lipinski definition) is 1. The van der Waals surface area contributed by atoms with Crippen LogP contribution in [0.2, 0.25) is 0 Å². The molecule has 27 heavy (non-hydrogen) atoms. The fourth-order valence-corrected chi connectivity index (χ4v) is 3.28. The SMILES string of the molecule is Cc1ccc(S(=O)(=O)NN=C2CCOc3cc(OC(F)(F)F)ccc32)cc1. The Balaban J connectivity index is 1.83. The molecule has 0 radical (unpaired) electrons. The molecule has 0 fully saturated rings. The number of nitrogens with zero attached hydrogens (tertiary/aromatic N) is 1. The maximum Gasteiger partial charge on any atom is 0.573 e. The molecule has 0 aromatic heterocycles. The van der Waals surface area contributed by atoms with Crippen LogP contribution in [0, 0.1) is 6.92 Å². The number of sulfonamides is 1. The highest BCUT2D eigenvalue weighted by Gasteiger charge is 2.32. The molecule has 0 bridgehead atoms. The molecule has 0 atom stereocenters. The van der Waals surface area contributed by atoms with E-state index < -0.39 is 22.1 Å². The number of benzene rings is 2. The first kappa shape index (κ1) is 19.0. The van der Waals surface area contributed by atoms with Gasteiger partial charge in [0.25, 0.3) is 10.0 Å². The summed E-state index contributed by atoms with van der Waals surface area (Å²) in [5, 5.41) is 3.93. The molecule has 6 nitrogen and oxygen atoms in total. The van der Waals surface area contributed by atoms with Crippen molar-refractivity contribution in [3.63, 3.8) is 0 Å². The fraction of sp³-hybridized carbons (Fsp3) is 0.235. The van der Waals surface area contributed by atoms with Gasteiger partial charge in [-0.15, -0.1) is 13.2 Å². The van der Waals surface area contributed by atoms with E-state index in [-0.39, 0.29) is 17.3 Å². The third-order valence-corrected chi connectivity index (χ3v) is 4.95. The van der Waals surface area contributed by atoms with Crippen LogP contribution in [0.3, 0.4) is 0 Å². The zero-order valence-electron chi connectivity index (χ0n) is 14.1. The lowest BCUT2D eigenvalue weighted by atomic mass is 10.0. The van der Waals surface area contributed by atoms with Gasteiger partial charge in [-0.25, -0.2) is 0 Å². The van der Waals surface area contributed by atoms with Gasteiger partial charge in [-0.2, -0.15) is 18.4 Å². The van der Waals surface area contributed by atoms with E-state index in [1.165, 1.54) is 18.2 Å². The highest BCUT2D eigenvalue weighted by molar-refractivity contribution is 7.89. The molecule has 10 heteroatoms. The Kier molecular flexibility index (Phi) is 5.01. The van der Waals surface area contributed by atoms with Gasteiger partial charge in [-0.3, -0.25) is 0 Å². The standard InChI is InChI=1S/C17H15F3N2O4S/c1-11-2-5-13(6-3-11)27(23,24)22-21-15-8-9-25-16-10-12(4-7-14(15)16)26-17(18,19)20/h2-7,10,22H,8-9H2,1H3. The predicted molar refractivity (Wildman–Crippen MR) is 91.3 cm³/mol. The summed E-state index contributed by atoms with van der Waals surface area (Å²) in [7, 11) is -3.86. The largest absolute Gasteiger partial charge is 0.573 e. The molecule has 3 rings (SSSR count). The fourth-order valence-electron chi connectivity index (χ4n) is 2.45. The van der Waals surface area contributed by atoms with Crippen LogP contribution >= 0.6 is 0 Å². The predicted octanol–water partition coefficient (Wildman–Crippen LogP) is 3.36. The number of ether oxygens (including phenoxy) is 2. The van der Waals surface area contributed by atoms with Crippen molar-refractivity contribution in [3.05, 3.63) is 53.6 Å². The Morgan fingerprint density at radius 3 is 2.52 bits per heavy atom. The Morgan fingerprint density at radius 2 is 1.85 bits per heavy atom. The summed E-state index contributed by atoms with van der Waals surface area (Å²) in [6, 6.07) is 9.78. The molecule has 0 unspecified atom stereocenters. The monoisotopic (exact) mass is 400 g/mol. The first-order valence-corrected chi connectivity index (χ1v) is 9.30. The van der Waals surface area contributed by atoms with Gasteiger partial charge in [0.15, 0.2) is 0 Å². The van der Waals surface area contributed by atoms with Crippen LogP contribution in [0.15, 0.2) is 52.5 Å². The number of alkyl halides is 3. The van der Waals surface area contributed by atoms with Gasteiger partial charge in [0.2, 0.25) is 0 Å². The first-order valence-electron chi connectivity index (χ1n) is 7.82. The highest BCUT2D eigenvalue weighted by Crippen LogP contribution is 2.32. The average Bonchev–Trinajstić information content (AvgIpc) is 2.58. The summed E-state index contributed by atoms with van der Waals surface area (Å²) in [6.45, 7) is 1.98. The average molecular weight is 400 g/mol. The second-order valence-corrected chi connectivity index (χ2v) is 7.43. The van der Waals surface area contributed by atoms with E-state index in [0.717, 1.165) is 17.7 Å². The highest BCUT2D eigenvalue weighted by atomic mass is 32.2. The van der Waals surface area contributed by atoms with Gasteiger partial charge >= 0.3 is 6.36 Å². The summed E-state index contributed by atoms with van der Waals surface area (Å²) in [5.41, 5.74) is 1.66. The van der Waals surface area contributed by atoms with Crippen molar-refractivity contribution in [2.75, 3.05) is 6.61 Å². The Morgan fingerprint density at radius 1 is 1.15 bits per heavy atom. The minimum atomic E-state index is -4.82. The van der Waals surface area contributed by atoms with E-state index in [1.807, 2.05) is 6.92 Å². The number of halogens is 3. The van der Waals surface area contributed by atoms with E-state index in [2.05, 4.69) is 14.7 Å². The second-order valence-electron chi connectivity index (χ2n) is 5.77. The third-order valence-electron chi connectivity index (χ3n) is 3.73. The molecule has 144 valence electrons. The minimum Gasteiger partial charge on any atom is -0.492 e. The lowest BCUT2D eigenvalue weighted by Gasteiger charge is -2.20. The molecular weight excluding hydrogens is 385 g/mol. The van der Waals surface area contributed by atoms with Gasteiger partial charge in [0.1, 0.15) is 11.5 Å². The van der Waals surface area contributed by atoms with Crippen molar-refractivity contribution in [2.24, 2.45) is 5.10 Å². The van der Waals surface area contributed by atoms with E-state index in [1.54, 1.807) is 12.1 Å². The van der Waals surface area contributed by atoms with Gasteiger partial charge in [0, 0.05) is 18.1 Å². The summed E-state index contributed by atoms with van der Waals surface area (Å²) in [5.74, 6) is -0.293. The molecule has 0 spiro atoms. The Labute approximate surface area is 153 Å². The smallest absolute Gasteiger partial charge is 0.492 e. The maximum atomic E-state index is 12.3. The Hall–Kier alpha value is -2.75. The molecule has 0 saturated heterocycles. The van der Waals surface area contributed by atoms with Crippen molar-refractivity contribution in [1.29, 1.82) is 0 Å². The molecule has 1 N–H and O–H groups in total. The van der Waals surface area contributed by atoms with Gasteiger partial charge in [-0.05, 0) is 31.2 Å². The number of fused-ring (bicyclic) bond motifs is 1. The summed E-state index contributed by atoms with van der Waals surface area (Å²) in [4.78, 5) is 2.21. The molecule has 0 saturated carbocycles. The maximum absolute atomic E-state index is 12.3. The minimum absolute atomic E-state index is 0.0543. The number of nitrogens with one attached hydrogen (secondary N) is 1. The number of rotatable bonds is 4.